The van der Waals surface area contributed by atoms with Gasteiger partial charge in [-0.2, -0.15) is 10.2 Å². The van der Waals surface area contributed by atoms with Gasteiger partial charge < -0.3 is 5.32 Å². The highest BCUT2D eigenvalue weighted by Gasteiger charge is 2.16. The molecule has 0 aromatic carbocycles. The van der Waals surface area contributed by atoms with Gasteiger partial charge in [0.1, 0.15) is 5.69 Å². The molecule has 0 fully saturated rings. The van der Waals surface area contributed by atoms with Crippen molar-refractivity contribution in [2.75, 3.05) is 6.54 Å². The average Bonchev–Trinajstić information content (AvgIpc) is 2.95. The normalized spacial score (nSPS) is 10.7. The molecular formula is C11H13Cl2N5O. The summed E-state index contributed by atoms with van der Waals surface area (Å²) in [6.07, 6.45) is 4.70. The van der Waals surface area contributed by atoms with E-state index >= 15 is 0 Å². The number of amides is 1. The van der Waals surface area contributed by atoms with E-state index in [9.17, 15) is 4.79 Å². The van der Waals surface area contributed by atoms with E-state index in [-0.39, 0.29) is 5.91 Å². The molecule has 2 rings (SSSR count). The summed E-state index contributed by atoms with van der Waals surface area (Å²) in [6, 6.07) is 0. The summed E-state index contributed by atoms with van der Waals surface area (Å²) in [6.45, 7) is 3.45. The lowest BCUT2D eigenvalue weighted by Crippen LogP contribution is -2.29. The van der Waals surface area contributed by atoms with Crippen LogP contribution in [0.1, 0.15) is 17.4 Å². The number of hydrogen-bond acceptors (Lipinski definition) is 3. The van der Waals surface area contributed by atoms with Gasteiger partial charge >= 0.3 is 0 Å². The van der Waals surface area contributed by atoms with Gasteiger partial charge in [-0.1, -0.05) is 23.2 Å². The third-order valence-electron chi connectivity index (χ3n) is 2.54. The molecule has 1 amide bonds. The zero-order valence-corrected chi connectivity index (χ0v) is 11.8. The maximum Gasteiger partial charge on any atom is 0.271 e. The summed E-state index contributed by atoms with van der Waals surface area (Å²) in [5, 5.41) is 11.7. The second-order valence-electron chi connectivity index (χ2n) is 3.83. The number of nitrogens with zero attached hydrogens (tertiary/aromatic N) is 4. The average molecular weight is 302 g/mol. The molecule has 0 aliphatic carbocycles. The first-order chi connectivity index (χ1) is 9.11. The molecule has 0 aliphatic rings. The van der Waals surface area contributed by atoms with Gasteiger partial charge in [0.2, 0.25) is 0 Å². The highest BCUT2D eigenvalue weighted by molar-refractivity contribution is 6.33. The van der Waals surface area contributed by atoms with Gasteiger partial charge in [0.05, 0.1) is 29.0 Å². The van der Waals surface area contributed by atoms with Crippen LogP contribution in [0.4, 0.5) is 0 Å². The number of carbonyl (C=O) groups is 1. The topological polar surface area (TPSA) is 64.7 Å². The first kappa shape index (κ1) is 13.9. The molecule has 0 saturated heterocycles. The van der Waals surface area contributed by atoms with Crippen LogP contribution in [0, 0.1) is 0 Å². The molecule has 0 radical (unpaired) electrons. The maximum atomic E-state index is 12.0. The predicted octanol–water partition coefficient (Wildman–Crippen LogP) is 1.84. The fourth-order valence-corrected chi connectivity index (χ4v) is 2.04. The van der Waals surface area contributed by atoms with Gasteiger partial charge in [-0.3, -0.25) is 14.2 Å². The van der Waals surface area contributed by atoms with Crippen LogP contribution in [0.15, 0.2) is 18.6 Å². The molecule has 102 valence electrons. The Bertz CT molecular complexity index is 577. The van der Waals surface area contributed by atoms with Crippen molar-refractivity contribution in [3.63, 3.8) is 0 Å². The van der Waals surface area contributed by atoms with Crippen molar-refractivity contribution in [1.82, 2.24) is 24.9 Å². The Balaban J connectivity index is 1.92. The van der Waals surface area contributed by atoms with Crippen LogP contribution in [-0.2, 0) is 13.1 Å². The Hall–Kier alpha value is -1.53. The number of nitrogens with one attached hydrogen (secondary N) is 1. The number of halogens is 2. The molecule has 19 heavy (non-hydrogen) atoms. The van der Waals surface area contributed by atoms with E-state index in [4.69, 9.17) is 23.2 Å². The van der Waals surface area contributed by atoms with E-state index in [0.717, 1.165) is 0 Å². The summed E-state index contributed by atoms with van der Waals surface area (Å²) < 4.78 is 3.21. The van der Waals surface area contributed by atoms with Crippen LogP contribution in [0.25, 0.3) is 0 Å². The highest BCUT2D eigenvalue weighted by Crippen LogP contribution is 2.14. The number of aryl methyl sites for hydroxylation is 1. The zero-order chi connectivity index (χ0) is 13.8. The van der Waals surface area contributed by atoms with E-state index in [1.54, 1.807) is 21.8 Å². The summed E-state index contributed by atoms with van der Waals surface area (Å²) in [4.78, 5) is 12.0. The molecule has 0 unspecified atom stereocenters. The van der Waals surface area contributed by atoms with E-state index in [0.29, 0.717) is 35.4 Å². The third kappa shape index (κ3) is 3.27. The molecule has 0 bridgehead atoms. The van der Waals surface area contributed by atoms with Crippen molar-refractivity contribution in [3.8, 4) is 0 Å². The van der Waals surface area contributed by atoms with Crippen LogP contribution >= 0.6 is 23.2 Å². The van der Waals surface area contributed by atoms with Crippen molar-refractivity contribution < 1.29 is 4.79 Å². The van der Waals surface area contributed by atoms with Crippen molar-refractivity contribution in [2.45, 2.75) is 20.0 Å². The second-order valence-corrected chi connectivity index (χ2v) is 4.68. The SMILES string of the molecule is CCn1ncc(Cl)c1C(=O)NCCn1cc(Cl)cn1. The minimum Gasteiger partial charge on any atom is -0.349 e. The Morgan fingerprint density at radius 3 is 2.79 bits per heavy atom. The fraction of sp³-hybridized carbons (Fsp3) is 0.364. The van der Waals surface area contributed by atoms with E-state index in [2.05, 4.69) is 15.5 Å². The Labute approximate surface area is 120 Å². The van der Waals surface area contributed by atoms with Gasteiger partial charge in [0, 0.05) is 19.3 Å². The molecule has 0 aliphatic heterocycles. The van der Waals surface area contributed by atoms with Gasteiger partial charge in [0.25, 0.3) is 5.91 Å². The van der Waals surface area contributed by atoms with E-state index < -0.39 is 0 Å². The maximum absolute atomic E-state index is 12.0. The largest absolute Gasteiger partial charge is 0.349 e. The number of hydrogen-bond donors (Lipinski definition) is 1. The van der Waals surface area contributed by atoms with Crippen molar-refractivity contribution in [2.24, 2.45) is 0 Å². The third-order valence-corrected chi connectivity index (χ3v) is 3.01. The Kier molecular flexibility index (Phi) is 4.44. The summed E-state index contributed by atoms with van der Waals surface area (Å²) >= 11 is 11.7. The molecule has 2 heterocycles. The molecule has 1 N–H and O–H groups in total. The minimum atomic E-state index is -0.248. The molecule has 0 saturated carbocycles. The van der Waals surface area contributed by atoms with Crippen molar-refractivity contribution in [3.05, 3.63) is 34.3 Å². The minimum absolute atomic E-state index is 0.248. The molecule has 2 aromatic rings. The zero-order valence-electron chi connectivity index (χ0n) is 10.3. The van der Waals surface area contributed by atoms with Crippen LogP contribution < -0.4 is 5.32 Å². The van der Waals surface area contributed by atoms with Crippen LogP contribution in [0.2, 0.25) is 10.0 Å². The fourth-order valence-electron chi connectivity index (χ4n) is 1.66. The highest BCUT2D eigenvalue weighted by atomic mass is 35.5. The van der Waals surface area contributed by atoms with Crippen LogP contribution in [0.3, 0.4) is 0 Å². The Morgan fingerprint density at radius 2 is 2.16 bits per heavy atom. The molecule has 2 aromatic heterocycles. The van der Waals surface area contributed by atoms with E-state index in [1.807, 2.05) is 6.92 Å². The van der Waals surface area contributed by atoms with Crippen molar-refractivity contribution in [1.29, 1.82) is 0 Å². The van der Waals surface area contributed by atoms with Crippen LogP contribution in [-0.4, -0.2) is 32.0 Å². The second kappa shape index (κ2) is 6.08. The van der Waals surface area contributed by atoms with Gasteiger partial charge in [-0.25, -0.2) is 0 Å². The molecular weight excluding hydrogens is 289 g/mol. The monoisotopic (exact) mass is 301 g/mol. The number of aromatic nitrogens is 4. The first-order valence-electron chi connectivity index (χ1n) is 5.79. The smallest absolute Gasteiger partial charge is 0.271 e. The van der Waals surface area contributed by atoms with E-state index in [1.165, 1.54) is 6.20 Å². The predicted molar refractivity (Wildman–Crippen MR) is 72.5 cm³/mol. The lowest BCUT2D eigenvalue weighted by atomic mass is 10.4. The van der Waals surface area contributed by atoms with Gasteiger partial charge in [-0.15, -0.1) is 0 Å². The lowest BCUT2D eigenvalue weighted by Gasteiger charge is -2.07. The number of rotatable bonds is 5. The standard InChI is InChI=1S/C11H13Cl2N5O/c1-2-18-10(9(13)6-16-18)11(19)14-3-4-17-7-8(12)5-15-17/h5-7H,2-4H2,1H3,(H,14,19). The summed E-state index contributed by atoms with van der Waals surface area (Å²) in [5.41, 5.74) is 0.377. The Morgan fingerprint density at radius 1 is 1.37 bits per heavy atom. The molecule has 8 heteroatoms. The molecule has 0 atom stereocenters. The van der Waals surface area contributed by atoms with Crippen molar-refractivity contribution >= 4 is 29.1 Å². The molecule has 6 nitrogen and oxygen atoms in total. The lowest BCUT2D eigenvalue weighted by molar-refractivity contribution is 0.0941. The quantitative estimate of drug-likeness (QED) is 0.916. The molecule has 0 spiro atoms. The first-order valence-corrected chi connectivity index (χ1v) is 6.55. The van der Waals surface area contributed by atoms with Gasteiger partial charge in [0.15, 0.2) is 0 Å². The van der Waals surface area contributed by atoms with Gasteiger partial charge in [-0.05, 0) is 6.92 Å². The summed E-state index contributed by atoms with van der Waals surface area (Å²) in [5.74, 6) is -0.248. The number of carbonyl (C=O) groups excluding carboxylic acids is 1. The summed E-state index contributed by atoms with van der Waals surface area (Å²) in [7, 11) is 0. The van der Waals surface area contributed by atoms with Crippen LogP contribution in [0.5, 0.6) is 0 Å².